The summed E-state index contributed by atoms with van der Waals surface area (Å²) in [6.45, 7) is 6.06. The second-order valence-electron chi connectivity index (χ2n) is 6.50. The van der Waals surface area contributed by atoms with Crippen LogP contribution in [0.1, 0.15) is 49.6 Å². The summed E-state index contributed by atoms with van der Waals surface area (Å²) in [6.07, 6.45) is 4.79. The van der Waals surface area contributed by atoms with Gasteiger partial charge in [-0.2, -0.15) is 5.10 Å². The van der Waals surface area contributed by atoms with E-state index < -0.39 is 0 Å². The molecular formula is C16H30Cl2N4O. The van der Waals surface area contributed by atoms with Crippen LogP contribution in [0.3, 0.4) is 0 Å². The van der Waals surface area contributed by atoms with E-state index in [0.29, 0.717) is 12.1 Å². The maximum atomic E-state index is 12.4. The highest BCUT2D eigenvalue weighted by Gasteiger charge is 2.23. The smallest absolute Gasteiger partial charge is 0.223 e. The normalized spacial score (nSPS) is 21.8. The lowest BCUT2D eigenvalue weighted by atomic mass is 9.91. The molecule has 1 aliphatic rings. The number of amides is 1. The molecule has 1 atom stereocenters. The van der Waals surface area contributed by atoms with Crippen LogP contribution in [0.25, 0.3) is 0 Å². The molecule has 0 aromatic carbocycles. The van der Waals surface area contributed by atoms with Crippen molar-refractivity contribution in [2.24, 2.45) is 18.7 Å². The van der Waals surface area contributed by atoms with E-state index in [2.05, 4.69) is 17.3 Å². The fourth-order valence-corrected chi connectivity index (χ4v) is 3.12. The Morgan fingerprint density at radius 3 is 2.35 bits per heavy atom. The third-order valence-corrected chi connectivity index (χ3v) is 4.73. The van der Waals surface area contributed by atoms with Gasteiger partial charge in [-0.25, -0.2) is 0 Å². The van der Waals surface area contributed by atoms with Gasteiger partial charge < -0.3 is 11.1 Å². The minimum atomic E-state index is -0.0257. The first-order valence-corrected chi connectivity index (χ1v) is 7.93. The van der Waals surface area contributed by atoms with Crippen LogP contribution in [0.15, 0.2) is 0 Å². The van der Waals surface area contributed by atoms with E-state index in [-0.39, 0.29) is 36.6 Å². The Balaban J connectivity index is 0.00000242. The minimum Gasteiger partial charge on any atom is -0.353 e. The van der Waals surface area contributed by atoms with Crippen molar-refractivity contribution in [3.8, 4) is 0 Å². The zero-order valence-corrected chi connectivity index (χ0v) is 16.1. The summed E-state index contributed by atoms with van der Waals surface area (Å²) >= 11 is 0. The Kier molecular flexibility index (Phi) is 9.18. The maximum Gasteiger partial charge on any atom is 0.223 e. The summed E-state index contributed by atoms with van der Waals surface area (Å²) in [7, 11) is 1.95. The van der Waals surface area contributed by atoms with Crippen molar-refractivity contribution in [2.45, 2.75) is 65.0 Å². The monoisotopic (exact) mass is 364 g/mol. The molecule has 0 aliphatic heterocycles. The Bertz CT molecular complexity index is 510. The first-order valence-electron chi connectivity index (χ1n) is 7.93. The molecule has 0 bridgehead atoms. The standard InChI is InChI=1S/C16H28N4O.2ClH/c1-10(9-15-11(2)19-20(4)12(15)3)16(21)18-14-7-5-13(17)6-8-14;;/h10,13-14H,5-9,17H2,1-4H3,(H,18,21);2*1H. The average Bonchev–Trinajstić information content (AvgIpc) is 2.68. The van der Waals surface area contributed by atoms with Gasteiger partial charge in [0, 0.05) is 30.7 Å². The fraction of sp³-hybridized carbons (Fsp3) is 0.750. The first kappa shape index (κ1) is 22.2. The predicted octanol–water partition coefficient (Wildman–Crippen LogP) is 2.45. The van der Waals surface area contributed by atoms with Crippen LogP contribution in [0.4, 0.5) is 0 Å². The lowest BCUT2D eigenvalue weighted by molar-refractivity contribution is -0.125. The van der Waals surface area contributed by atoms with Gasteiger partial charge in [0.1, 0.15) is 0 Å². The largest absolute Gasteiger partial charge is 0.353 e. The number of carbonyl (C=O) groups is 1. The highest BCUT2D eigenvalue weighted by atomic mass is 35.5. The number of nitrogens with zero attached hydrogens (tertiary/aromatic N) is 2. The number of hydrogen-bond donors (Lipinski definition) is 2. The molecule has 1 aromatic heterocycles. The summed E-state index contributed by atoms with van der Waals surface area (Å²) in [5, 5.41) is 7.60. The van der Waals surface area contributed by atoms with Crippen molar-refractivity contribution in [3.63, 3.8) is 0 Å². The molecule has 1 heterocycles. The van der Waals surface area contributed by atoms with Gasteiger partial charge in [0.25, 0.3) is 0 Å². The quantitative estimate of drug-likeness (QED) is 0.861. The van der Waals surface area contributed by atoms with Crippen LogP contribution >= 0.6 is 24.8 Å². The topological polar surface area (TPSA) is 72.9 Å². The molecule has 1 saturated carbocycles. The molecule has 23 heavy (non-hydrogen) atoms. The van der Waals surface area contributed by atoms with E-state index in [9.17, 15) is 4.79 Å². The van der Waals surface area contributed by atoms with Gasteiger partial charge in [0.2, 0.25) is 5.91 Å². The zero-order chi connectivity index (χ0) is 15.6. The van der Waals surface area contributed by atoms with Crippen molar-refractivity contribution < 1.29 is 4.79 Å². The predicted molar refractivity (Wildman–Crippen MR) is 98.4 cm³/mol. The van der Waals surface area contributed by atoms with E-state index in [0.717, 1.165) is 43.5 Å². The highest BCUT2D eigenvalue weighted by molar-refractivity contribution is 5.85. The number of halogens is 2. The van der Waals surface area contributed by atoms with Crippen molar-refractivity contribution in [2.75, 3.05) is 0 Å². The van der Waals surface area contributed by atoms with Gasteiger partial charge in [-0.15, -0.1) is 24.8 Å². The van der Waals surface area contributed by atoms with Crippen molar-refractivity contribution in [3.05, 3.63) is 17.0 Å². The van der Waals surface area contributed by atoms with E-state index in [1.54, 1.807) is 0 Å². The molecule has 1 aromatic rings. The Morgan fingerprint density at radius 1 is 1.30 bits per heavy atom. The van der Waals surface area contributed by atoms with Gasteiger partial charge in [0.15, 0.2) is 0 Å². The van der Waals surface area contributed by atoms with Crippen LogP contribution < -0.4 is 11.1 Å². The molecule has 0 radical (unpaired) electrons. The second-order valence-corrected chi connectivity index (χ2v) is 6.50. The Morgan fingerprint density at radius 2 is 1.87 bits per heavy atom. The lowest BCUT2D eigenvalue weighted by Gasteiger charge is -2.27. The number of nitrogens with two attached hydrogens (primary N) is 1. The molecule has 3 N–H and O–H groups in total. The summed E-state index contributed by atoms with van der Waals surface area (Å²) in [5.41, 5.74) is 9.28. The molecule has 1 fully saturated rings. The molecule has 1 aliphatic carbocycles. The van der Waals surface area contributed by atoms with Gasteiger partial charge in [-0.1, -0.05) is 6.92 Å². The van der Waals surface area contributed by atoms with Crippen molar-refractivity contribution >= 4 is 30.7 Å². The van der Waals surface area contributed by atoms with Crippen molar-refractivity contribution in [1.82, 2.24) is 15.1 Å². The summed E-state index contributed by atoms with van der Waals surface area (Å²) in [5.74, 6) is 0.125. The molecule has 7 heteroatoms. The number of aryl methyl sites for hydroxylation is 2. The third kappa shape index (κ3) is 5.66. The minimum absolute atomic E-state index is 0. The molecular weight excluding hydrogens is 335 g/mol. The van der Waals surface area contributed by atoms with Crippen LogP contribution in [0, 0.1) is 19.8 Å². The number of rotatable bonds is 4. The zero-order valence-electron chi connectivity index (χ0n) is 14.5. The molecule has 5 nitrogen and oxygen atoms in total. The van der Waals surface area contributed by atoms with Crippen LogP contribution in [0.2, 0.25) is 0 Å². The SMILES string of the molecule is Cc1nn(C)c(C)c1CC(C)C(=O)NC1CCC(N)CC1.Cl.Cl. The Hall–Kier alpha value is -0.780. The second kappa shape index (κ2) is 9.50. The fourth-order valence-electron chi connectivity index (χ4n) is 3.12. The van der Waals surface area contributed by atoms with E-state index >= 15 is 0 Å². The molecule has 134 valence electrons. The highest BCUT2D eigenvalue weighted by Crippen LogP contribution is 2.19. The lowest BCUT2D eigenvalue weighted by Crippen LogP contribution is -2.42. The molecule has 2 rings (SSSR count). The number of aromatic nitrogens is 2. The maximum absolute atomic E-state index is 12.4. The number of carbonyl (C=O) groups excluding carboxylic acids is 1. The van der Waals surface area contributed by atoms with Gasteiger partial charge in [-0.3, -0.25) is 9.48 Å². The molecule has 0 spiro atoms. The van der Waals surface area contributed by atoms with Crippen LogP contribution in [0.5, 0.6) is 0 Å². The van der Waals surface area contributed by atoms with E-state index in [4.69, 9.17) is 5.73 Å². The van der Waals surface area contributed by atoms with Gasteiger partial charge >= 0.3 is 0 Å². The van der Waals surface area contributed by atoms with Crippen LogP contribution in [-0.4, -0.2) is 27.8 Å². The number of nitrogens with one attached hydrogen (secondary N) is 1. The van der Waals surface area contributed by atoms with Crippen LogP contribution in [-0.2, 0) is 18.3 Å². The first-order chi connectivity index (χ1) is 9.88. The summed E-state index contributed by atoms with van der Waals surface area (Å²) in [4.78, 5) is 12.4. The molecule has 1 amide bonds. The average molecular weight is 365 g/mol. The molecule has 1 unspecified atom stereocenters. The van der Waals surface area contributed by atoms with E-state index in [1.807, 2.05) is 25.6 Å². The van der Waals surface area contributed by atoms with Gasteiger partial charge in [-0.05, 0) is 51.5 Å². The van der Waals surface area contributed by atoms with Gasteiger partial charge in [0.05, 0.1) is 5.69 Å². The summed E-state index contributed by atoms with van der Waals surface area (Å²) < 4.78 is 1.89. The Labute approximate surface area is 151 Å². The summed E-state index contributed by atoms with van der Waals surface area (Å²) in [6, 6.07) is 0.618. The van der Waals surface area contributed by atoms with E-state index in [1.165, 1.54) is 5.56 Å². The van der Waals surface area contributed by atoms with Crippen molar-refractivity contribution in [1.29, 1.82) is 0 Å². The molecule has 0 saturated heterocycles. The number of hydrogen-bond acceptors (Lipinski definition) is 3. The third-order valence-electron chi connectivity index (χ3n) is 4.73.